The van der Waals surface area contributed by atoms with Gasteiger partial charge in [-0.3, -0.25) is 14.5 Å². The van der Waals surface area contributed by atoms with E-state index in [1.807, 2.05) is 6.07 Å². The maximum absolute atomic E-state index is 12.7. The largest absolute Gasteiger partial charge is 0.364 e. The third-order valence-electron chi connectivity index (χ3n) is 6.09. The number of piperidine rings is 1. The zero-order chi connectivity index (χ0) is 25.7. The van der Waals surface area contributed by atoms with Crippen molar-refractivity contribution in [2.24, 2.45) is 5.73 Å². The lowest BCUT2D eigenvalue weighted by Crippen LogP contribution is -2.37. The Morgan fingerprint density at radius 2 is 2.00 bits per heavy atom. The molecule has 1 fully saturated rings. The number of hydrogen-bond donors (Lipinski definition) is 3. The van der Waals surface area contributed by atoms with Crippen LogP contribution in [0.2, 0.25) is 0 Å². The van der Waals surface area contributed by atoms with E-state index in [1.54, 1.807) is 37.3 Å². The summed E-state index contributed by atoms with van der Waals surface area (Å²) >= 11 is 0. The van der Waals surface area contributed by atoms with Gasteiger partial charge in [0.25, 0.3) is 11.8 Å². The molecule has 0 bridgehead atoms. The molecule has 1 aliphatic rings. The first-order chi connectivity index (χ1) is 17.4. The molecule has 3 heterocycles. The van der Waals surface area contributed by atoms with Crippen LogP contribution < -0.4 is 16.9 Å². The number of nitrogens with one attached hydrogen (secondary N) is 1. The van der Waals surface area contributed by atoms with E-state index < -0.39 is 5.91 Å². The van der Waals surface area contributed by atoms with E-state index in [1.165, 1.54) is 16.9 Å². The van der Waals surface area contributed by atoms with E-state index in [-0.39, 0.29) is 23.5 Å². The van der Waals surface area contributed by atoms with Gasteiger partial charge in [0.1, 0.15) is 17.3 Å². The van der Waals surface area contributed by atoms with Crippen molar-refractivity contribution in [2.45, 2.75) is 32.2 Å². The quantitative estimate of drug-likeness (QED) is 0.360. The number of carbonyl (C=O) groups excluding carboxylic acids is 2. The van der Waals surface area contributed by atoms with Crippen LogP contribution in [0.15, 0.2) is 42.6 Å². The van der Waals surface area contributed by atoms with E-state index in [0.29, 0.717) is 34.8 Å². The van der Waals surface area contributed by atoms with Crippen molar-refractivity contribution in [3.63, 3.8) is 0 Å². The Bertz CT molecular complexity index is 1390. The van der Waals surface area contributed by atoms with Gasteiger partial charge in [0.2, 0.25) is 0 Å². The highest BCUT2D eigenvalue weighted by Gasteiger charge is 2.31. The molecule has 1 aliphatic heterocycles. The number of carbonyl (C=O) groups is 2. The van der Waals surface area contributed by atoms with Crippen LogP contribution >= 0.6 is 0 Å². The lowest BCUT2D eigenvalue weighted by Gasteiger charge is -2.33. The highest BCUT2D eigenvalue weighted by molar-refractivity contribution is 6.04. The minimum Gasteiger partial charge on any atom is -0.364 e. The number of aromatic nitrogens is 3. The molecule has 1 aromatic carbocycles. The molecule has 0 spiro atoms. The van der Waals surface area contributed by atoms with E-state index in [9.17, 15) is 9.59 Å². The second-order valence-electron chi connectivity index (χ2n) is 8.38. The molecular formula is C26H26N8O2. The van der Waals surface area contributed by atoms with Crippen molar-refractivity contribution in [2.75, 3.05) is 24.2 Å². The van der Waals surface area contributed by atoms with Gasteiger partial charge >= 0.3 is 0 Å². The van der Waals surface area contributed by atoms with Gasteiger partial charge in [-0.2, -0.15) is 5.26 Å². The Kier molecular flexibility index (Phi) is 7.28. The van der Waals surface area contributed by atoms with Crippen molar-refractivity contribution >= 4 is 17.6 Å². The van der Waals surface area contributed by atoms with Crippen LogP contribution in [-0.4, -0.2) is 44.4 Å². The number of hydrogen-bond acceptors (Lipinski definition) is 7. The molecule has 1 atom stereocenters. The first kappa shape index (κ1) is 24.5. The summed E-state index contributed by atoms with van der Waals surface area (Å²) in [4.78, 5) is 36.0. The minimum atomic E-state index is -0.688. The summed E-state index contributed by atoms with van der Waals surface area (Å²) in [6.07, 6.45) is 4.37. The Morgan fingerprint density at radius 3 is 2.69 bits per heavy atom. The van der Waals surface area contributed by atoms with E-state index in [4.69, 9.17) is 21.8 Å². The maximum atomic E-state index is 12.7. The van der Waals surface area contributed by atoms with Crippen LogP contribution in [0, 0.1) is 23.2 Å². The first-order valence-electron chi connectivity index (χ1n) is 11.5. The molecular weight excluding hydrogens is 456 g/mol. The van der Waals surface area contributed by atoms with Gasteiger partial charge in [-0.25, -0.2) is 14.6 Å². The van der Waals surface area contributed by atoms with Gasteiger partial charge in [0, 0.05) is 17.3 Å². The molecule has 3 aromatic rings. The molecule has 0 aliphatic carbocycles. The third-order valence-corrected chi connectivity index (χ3v) is 6.09. The summed E-state index contributed by atoms with van der Waals surface area (Å²) in [5, 5.41) is 11.7. The van der Waals surface area contributed by atoms with Gasteiger partial charge in [-0.05, 0) is 50.6 Å². The number of nitrogens with zero attached hydrogens (tertiary/aromatic N) is 5. The minimum absolute atomic E-state index is 0.0850. The number of imidazole rings is 1. The average molecular weight is 483 g/mol. The second-order valence-corrected chi connectivity index (χ2v) is 8.38. The van der Waals surface area contributed by atoms with Crippen LogP contribution in [0.3, 0.4) is 0 Å². The van der Waals surface area contributed by atoms with Crippen molar-refractivity contribution in [1.29, 1.82) is 5.26 Å². The normalized spacial score (nSPS) is 15.4. The molecule has 10 heteroatoms. The number of primary amides is 1. The molecule has 36 heavy (non-hydrogen) atoms. The van der Waals surface area contributed by atoms with E-state index in [0.717, 1.165) is 25.8 Å². The Morgan fingerprint density at radius 1 is 1.22 bits per heavy atom. The molecule has 0 saturated carbocycles. The molecule has 0 unspecified atom stereocenters. The van der Waals surface area contributed by atoms with Crippen molar-refractivity contribution in [1.82, 2.24) is 19.5 Å². The number of rotatable bonds is 6. The summed E-state index contributed by atoms with van der Waals surface area (Å²) in [7, 11) is 0. The molecule has 4 rings (SSSR count). The third kappa shape index (κ3) is 5.04. The summed E-state index contributed by atoms with van der Waals surface area (Å²) < 4.78 is 1.29. The predicted octanol–water partition coefficient (Wildman–Crippen LogP) is 2.43. The lowest BCUT2D eigenvalue weighted by molar-refractivity contribution is 0.0990. The number of likely N-dealkylation sites (tertiary alicyclic amines) is 1. The van der Waals surface area contributed by atoms with Gasteiger partial charge in [0.15, 0.2) is 5.69 Å². The highest BCUT2D eigenvalue weighted by Crippen LogP contribution is 2.33. The molecule has 2 aromatic heterocycles. The SMILES string of the molecule is CC#CCN1CCCC[C@H]1c1nc(-c2ccc(C(=O)Nc3cc(C#N)ccn3)cc2)c(C(N)=O)n1N. The van der Waals surface area contributed by atoms with E-state index in [2.05, 4.69) is 27.0 Å². The lowest BCUT2D eigenvalue weighted by atomic mass is 10.0. The van der Waals surface area contributed by atoms with Crippen LogP contribution in [0.4, 0.5) is 5.82 Å². The smallest absolute Gasteiger partial charge is 0.269 e. The standard InChI is InChI=1S/C26H26N8O2/c1-2-3-13-33-14-5-4-6-20(33)25-32-22(23(24(28)35)34(25)29)18-7-9-19(10-8-18)26(36)31-21-15-17(16-27)11-12-30-21/h7-12,15,20H,4-6,13-14,29H2,1H3,(H2,28,35)(H,30,31,36)/t20-/m0/s1. The number of benzene rings is 1. The average Bonchev–Trinajstić information content (AvgIpc) is 3.24. The summed E-state index contributed by atoms with van der Waals surface area (Å²) in [6, 6.07) is 11.6. The zero-order valence-electron chi connectivity index (χ0n) is 19.9. The fourth-order valence-electron chi connectivity index (χ4n) is 4.31. The molecule has 5 N–H and O–H groups in total. The van der Waals surface area contributed by atoms with Gasteiger partial charge < -0.3 is 16.9 Å². The second kappa shape index (κ2) is 10.7. The van der Waals surface area contributed by atoms with E-state index >= 15 is 0 Å². The number of nitrogens with two attached hydrogens (primary N) is 2. The monoisotopic (exact) mass is 482 g/mol. The fraction of sp³-hybridized carbons (Fsp3) is 0.269. The van der Waals surface area contributed by atoms with Crippen molar-refractivity contribution in [3.05, 3.63) is 65.2 Å². The van der Waals surface area contributed by atoms with Gasteiger partial charge in [0.05, 0.1) is 24.2 Å². The van der Waals surface area contributed by atoms with Crippen LogP contribution in [0.1, 0.15) is 64.5 Å². The summed E-state index contributed by atoms with van der Waals surface area (Å²) in [6.45, 7) is 3.25. The number of nitrogen functional groups attached to an aromatic ring is 1. The fourth-order valence-corrected chi connectivity index (χ4v) is 4.31. The maximum Gasteiger partial charge on any atom is 0.269 e. The van der Waals surface area contributed by atoms with Crippen LogP contribution in [0.5, 0.6) is 0 Å². The van der Waals surface area contributed by atoms with Gasteiger partial charge in [-0.1, -0.05) is 24.5 Å². The first-order valence-corrected chi connectivity index (χ1v) is 11.5. The molecule has 2 amide bonds. The summed E-state index contributed by atoms with van der Waals surface area (Å²) in [5.74, 6) is 12.1. The number of pyridine rings is 1. The Balaban J connectivity index is 1.62. The number of anilines is 1. The Labute approximate surface area is 208 Å². The number of nitriles is 1. The topological polar surface area (TPSA) is 156 Å². The number of amides is 2. The predicted molar refractivity (Wildman–Crippen MR) is 135 cm³/mol. The van der Waals surface area contributed by atoms with Crippen molar-refractivity contribution < 1.29 is 9.59 Å². The van der Waals surface area contributed by atoms with Crippen LogP contribution in [0.25, 0.3) is 11.3 Å². The van der Waals surface area contributed by atoms with Crippen LogP contribution in [-0.2, 0) is 0 Å². The Hall–Kier alpha value is -4.67. The zero-order valence-corrected chi connectivity index (χ0v) is 19.9. The highest BCUT2D eigenvalue weighted by atomic mass is 16.2. The summed E-state index contributed by atoms with van der Waals surface area (Å²) in [5.41, 5.74) is 7.52. The molecule has 10 nitrogen and oxygen atoms in total. The van der Waals surface area contributed by atoms with Gasteiger partial charge in [-0.15, -0.1) is 5.92 Å². The van der Waals surface area contributed by atoms with Crippen molar-refractivity contribution in [3.8, 4) is 29.2 Å². The molecule has 1 saturated heterocycles. The molecule has 0 radical (unpaired) electrons. The molecule has 182 valence electrons.